The maximum Gasteiger partial charge on any atom is 0.220 e. The van der Waals surface area contributed by atoms with Crippen LogP contribution in [-0.2, 0) is 24.2 Å². The molecule has 1 aliphatic heterocycles. The van der Waals surface area contributed by atoms with Gasteiger partial charge in [0.25, 0.3) is 0 Å². The van der Waals surface area contributed by atoms with Crippen molar-refractivity contribution in [3.05, 3.63) is 77.8 Å². The van der Waals surface area contributed by atoms with Crippen molar-refractivity contribution in [1.82, 2.24) is 15.2 Å². The van der Waals surface area contributed by atoms with Crippen LogP contribution in [0.3, 0.4) is 0 Å². The molecule has 1 unspecified atom stereocenters. The number of carbonyl (C=O) groups excluding carboxylic acids is 1. The molecule has 2 aromatic carbocycles. The number of rotatable bonds is 9. The zero-order chi connectivity index (χ0) is 22.3. The molecule has 1 N–H and O–H groups in total. The van der Waals surface area contributed by atoms with Gasteiger partial charge >= 0.3 is 0 Å². The molecule has 168 valence electrons. The number of hydrogen-bond donors (Lipinski definition) is 1. The van der Waals surface area contributed by atoms with Crippen molar-refractivity contribution in [3.63, 3.8) is 0 Å². The largest absolute Gasteiger partial charge is 0.441 e. The van der Waals surface area contributed by atoms with Gasteiger partial charge in [0, 0.05) is 44.1 Å². The van der Waals surface area contributed by atoms with Gasteiger partial charge in [-0.3, -0.25) is 9.69 Å². The summed E-state index contributed by atoms with van der Waals surface area (Å²) >= 11 is 0. The van der Waals surface area contributed by atoms with Crippen molar-refractivity contribution in [2.45, 2.75) is 52.1 Å². The second-order valence-corrected chi connectivity index (χ2v) is 9.19. The molecule has 32 heavy (non-hydrogen) atoms. The van der Waals surface area contributed by atoms with E-state index >= 15 is 0 Å². The van der Waals surface area contributed by atoms with Crippen molar-refractivity contribution < 1.29 is 9.21 Å². The number of aryl methyl sites for hydroxylation is 1. The van der Waals surface area contributed by atoms with Crippen molar-refractivity contribution in [2.24, 2.45) is 5.92 Å². The summed E-state index contributed by atoms with van der Waals surface area (Å²) in [5, 5.41) is 3.18. The Balaban J connectivity index is 1.21. The van der Waals surface area contributed by atoms with E-state index < -0.39 is 0 Å². The molecule has 1 aliphatic rings. The van der Waals surface area contributed by atoms with Crippen LogP contribution in [0.5, 0.6) is 0 Å². The summed E-state index contributed by atoms with van der Waals surface area (Å²) in [5.41, 5.74) is 3.66. The van der Waals surface area contributed by atoms with Gasteiger partial charge in [0.05, 0.1) is 6.20 Å². The standard InChI is InChI=1S/C27H33N3O2/c1-20(2)16-21-8-10-23(11-9-21)25-17-28-27(32-25)13-12-26(31)29-24-14-15-30(19-24)18-22-6-4-3-5-7-22/h3-11,17,20,24H,12-16,18-19H2,1-2H3,(H,29,31). The predicted octanol–water partition coefficient (Wildman–Crippen LogP) is 4.86. The zero-order valence-electron chi connectivity index (χ0n) is 19.1. The molecule has 1 fully saturated rings. The second kappa shape index (κ2) is 10.6. The first-order valence-electron chi connectivity index (χ1n) is 11.6. The molecule has 3 aromatic rings. The van der Waals surface area contributed by atoms with E-state index in [9.17, 15) is 4.79 Å². The van der Waals surface area contributed by atoms with Crippen LogP contribution in [0.1, 0.15) is 43.7 Å². The fraction of sp³-hybridized carbons (Fsp3) is 0.407. The van der Waals surface area contributed by atoms with Gasteiger partial charge in [-0.05, 0) is 29.9 Å². The van der Waals surface area contributed by atoms with Gasteiger partial charge < -0.3 is 9.73 Å². The molecule has 4 rings (SSSR count). The van der Waals surface area contributed by atoms with Crippen LogP contribution in [0.15, 0.2) is 65.2 Å². The molecule has 0 aliphatic carbocycles. The van der Waals surface area contributed by atoms with Crippen LogP contribution in [0.4, 0.5) is 0 Å². The van der Waals surface area contributed by atoms with Crippen LogP contribution in [0, 0.1) is 5.92 Å². The first kappa shape index (κ1) is 22.3. The number of benzene rings is 2. The zero-order valence-corrected chi connectivity index (χ0v) is 19.1. The molecular formula is C27H33N3O2. The summed E-state index contributed by atoms with van der Waals surface area (Å²) in [7, 11) is 0. The highest BCUT2D eigenvalue weighted by atomic mass is 16.4. The molecule has 0 saturated carbocycles. The quantitative estimate of drug-likeness (QED) is 0.525. The molecule has 0 radical (unpaired) electrons. The van der Waals surface area contributed by atoms with Gasteiger partial charge in [-0.1, -0.05) is 68.4 Å². The maximum atomic E-state index is 12.4. The van der Waals surface area contributed by atoms with Crippen molar-refractivity contribution in [3.8, 4) is 11.3 Å². The molecule has 5 nitrogen and oxygen atoms in total. The number of amides is 1. The fourth-order valence-electron chi connectivity index (χ4n) is 4.29. The third kappa shape index (κ3) is 6.30. The number of carbonyl (C=O) groups is 1. The smallest absolute Gasteiger partial charge is 0.220 e. The average molecular weight is 432 g/mol. The Morgan fingerprint density at radius 3 is 2.66 bits per heavy atom. The minimum Gasteiger partial charge on any atom is -0.441 e. The normalized spacial score (nSPS) is 16.5. The van der Waals surface area contributed by atoms with Gasteiger partial charge in [-0.15, -0.1) is 0 Å². The molecule has 1 saturated heterocycles. The van der Waals surface area contributed by atoms with E-state index in [4.69, 9.17) is 4.42 Å². The Morgan fingerprint density at radius 1 is 1.12 bits per heavy atom. The van der Waals surface area contributed by atoms with E-state index in [1.807, 2.05) is 6.07 Å². The Bertz CT molecular complexity index is 995. The van der Waals surface area contributed by atoms with Gasteiger partial charge in [0.2, 0.25) is 5.91 Å². The lowest BCUT2D eigenvalue weighted by molar-refractivity contribution is -0.121. The number of nitrogens with one attached hydrogen (secondary N) is 1. The van der Waals surface area contributed by atoms with Crippen LogP contribution < -0.4 is 5.32 Å². The van der Waals surface area contributed by atoms with E-state index in [2.05, 4.69) is 77.6 Å². The number of oxazole rings is 1. The molecule has 1 aromatic heterocycles. The number of aromatic nitrogens is 1. The Labute approximate surface area is 190 Å². The predicted molar refractivity (Wildman–Crippen MR) is 127 cm³/mol. The lowest BCUT2D eigenvalue weighted by Crippen LogP contribution is -2.37. The van der Waals surface area contributed by atoms with Gasteiger partial charge in [-0.2, -0.15) is 0 Å². The molecule has 1 atom stereocenters. The highest BCUT2D eigenvalue weighted by Crippen LogP contribution is 2.22. The lowest BCUT2D eigenvalue weighted by atomic mass is 10.0. The summed E-state index contributed by atoms with van der Waals surface area (Å²) in [5.74, 6) is 2.07. The van der Waals surface area contributed by atoms with Crippen LogP contribution in [0.2, 0.25) is 0 Å². The average Bonchev–Trinajstić information content (AvgIpc) is 3.43. The van der Waals surface area contributed by atoms with E-state index in [1.165, 1.54) is 11.1 Å². The van der Waals surface area contributed by atoms with Crippen LogP contribution in [0.25, 0.3) is 11.3 Å². The number of hydrogen-bond acceptors (Lipinski definition) is 4. The summed E-state index contributed by atoms with van der Waals surface area (Å²) < 4.78 is 5.90. The van der Waals surface area contributed by atoms with Gasteiger partial charge in [-0.25, -0.2) is 4.98 Å². The maximum absolute atomic E-state index is 12.4. The first-order valence-corrected chi connectivity index (χ1v) is 11.6. The molecule has 1 amide bonds. The van der Waals surface area contributed by atoms with Gasteiger partial charge in [0.15, 0.2) is 11.7 Å². The molecule has 2 heterocycles. The topological polar surface area (TPSA) is 58.4 Å². The van der Waals surface area contributed by atoms with Crippen molar-refractivity contribution in [2.75, 3.05) is 13.1 Å². The summed E-state index contributed by atoms with van der Waals surface area (Å²) in [6.45, 7) is 7.29. The van der Waals surface area contributed by atoms with Crippen LogP contribution >= 0.6 is 0 Å². The first-order chi connectivity index (χ1) is 15.5. The molecule has 5 heteroatoms. The fourth-order valence-corrected chi connectivity index (χ4v) is 4.29. The number of likely N-dealkylation sites (tertiary alicyclic amines) is 1. The van der Waals surface area contributed by atoms with E-state index in [-0.39, 0.29) is 11.9 Å². The molecular weight excluding hydrogens is 398 g/mol. The van der Waals surface area contributed by atoms with E-state index in [1.54, 1.807) is 6.20 Å². The minimum atomic E-state index is 0.0642. The van der Waals surface area contributed by atoms with E-state index in [0.717, 1.165) is 43.8 Å². The second-order valence-electron chi connectivity index (χ2n) is 9.19. The summed E-state index contributed by atoms with van der Waals surface area (Å²) in [6.07, 6.45) is 4.72. The highest BCUT2D eigenvalue weighted by Gasteiger charge is 2.23. The summed E-state index contributed by atoms with van der Waals surface area (Å²) in [4.78, 5) is 19.2. The SMILES string of the molecule is CC(C)Cc1ccc(-c2cnc(CCC(=O)NC3CCN(Cc4ccccc4)C3)o2)cc1. The van der Waals surface area contributed by atoms with E-state index in [0.29, 0.717) is 24.7 Å². The van der Waals surface area contributed by atoms with Crippen molar-refractivity contribution >= 4 is 5.91 Å². The summed E-state index contributed by atoms with van der Waals surface area (Å²) in [6, 6.07) is 19.1. The number of nitrogens with zero attached hydrogens (tertiary/aromatic N) is 2. The van der Waals surface area contributed by atoms with Crippen LogP contribution in [-0.4, -0.2) is 34.9 Å². The molecule has 0 spiro atoms. The highest BCUT2D eigenvalue weighted by molar-refractivity contribution is 5.76. The minimum absolute atomic E-state index is 0.0642. The van der Waals surface area contributed by atoms with Crippen molar-refractivity contribution in [1.29, 1.82) is 0 Å². The lowest BCUT2D eigenvalue weighted by Gasteiger charge is -2.16. The Hall–Kier alpha value is -2.92. The Morgan fingerprint density at radius 2 is 1.91 bits per heavy atom. The third-order valence-electron chi connectivity index (χ3n) is 5.89. The third-order valence-corrected chi connectivity index (χ3v) is 5.89. The van der Waals surface area contributed by atoms with Gasteiger partial charge in [0.1, 0.15) is 0 Å². The Kier molecular flexibility index (Phi) is 7.38. The molecule has 0 bridgehead atoms. The monoisotopic (exact) mass is 431 g/mol.